The van der Waals surface area contributed by atoms with Crippen LogP contribution in [0.2, 0.25) is 0 Å². The number of sulfonamides is 1. The Labute approximate surface area is 106 Å². The molecule has 0 bridgehead atoms. The van der Waals surface area contributed by atoms with Crippen molar-refractivity contribution in [3.8, 4) is 0 Å². The molecule has 0 aliphatic carbocycles. The van der Waals surface area contributed by atoms with Gasteiger partial charge in [-0.1, -0.05) is 12.1 Å². The summed E-state index contributed by atoms with van der Waals surface area (Å²) in [6.45, 7) is 3.25. The Kier molecular flexibility index (Phi) is 4.86. The van der Waals surface area contributed by atoms with Gasteiger partial charge in [0, 0.05) is 13.1 Å². The van der Waals surface area contributed by atoms with Gasteiger partial charge in [0.2, 0.25) is 10.0 Å². The molecule has 0 heterocycles. The van der Waals surface area contributed by atoms with Crippen molar-refractivity contribution in [2.45, 2.75) is 18.4 Å². The topological polar surface area (TPSA) is 84.2 Å². The molecule has 0 fully saturated rings. The van der Waals surface area contributed by atoms with Crippen LogP contribution in [0.4, 0.5) is 0 Å². The summed E-state index contributed by atoms with van der Waals surface area (Å²) in [5.41, 5.74) is 0.928. The van der Waals surface area contributed by atoms with E-state index in [2.05, 4.69) is 10.6 Å². The van der Waals surface area contributed by atoms with Crippen molar-refractivity contribution < 1.29 is 8.42 Å². The SMILES string of the molecule is CCNC(=S)NCc1ccc(S(N)(=O)=O)cc1. The third kappa shape index (κ3) is 4.68. The molecule has 4 N–H and O–H groups in total. The first-order valence-electron chi connectivity index (χ1n) is 5.07. The zero-order chi connectivity index (χ0) is 12.9. The molecule has 5 nitrogen and oxygen atoms in total. The first kappa shape index (κ1) is 13.9. The molecule has 1 aromatic rings. The van der Waals surface area contributed by atoms with E-state index >= 15 is 0 Å². The number of nitrogens with one attached hydrogen (secondary N) is 2. The maximum absolute atomic E-state index is 11.0. The van der Waals surface area contributed by atoms with E-state index in [0.717, 1.165) is 12.1 Å². The van der Waals surface area contributed by atoms with Gasteiger partial charge >= 0.3 is 0 Å². The zero-order valence-corrected chi connectivity index (χ0v) is 11.1. The third-order valence-corrected chi connectivity index (χ3v) is 3.26. The Morgan fingerprint density at radius 3 is 2.35 bits per heavy atom. The molecule has 0 radical (unpaired) electrons. The highest BCUT2D eigenvalue weighted by molar-refractivity contribution is 7.89. The van der Waals surface area contributed by atoms with E-state index in [1.807, 2.05) is 6.92 Å². The van der Waals surface area contributed by atoms with E-state index < -0.39 is 10.0 Å². The summed E-state index contributed by atoms with van der Waals surface area (Å²) < 4.78 is 22.1. The Hall–Kier alpha value is -1.18. The molecule has 1 rings (SSSR count). The lowest BCUT2D eigenvalue weighted by Crippen LogP contribution is -2.34. The molecular formula is C10H15N3O2S2. The van der Waals surface area contributed by atoms with Gasteiger partial charge in [0.25, 0.3) is 0 Å². The van der Waals surface area contributed by atoms with Crippen molar-refractivity contribution in [3.05, 3.63) is 29.8 Å². The predicted octanol–water partition coefficient (Wildman–Crippen LogP) is 0.318. The first-order chi connectivity index (χ1) is 7.93. The number of benzene rings is 1. The zero-order valence-electron chi connectivity index (χ0n) is 9.43. The van der Waals surface area contributed by atoms with Crippen LogP contribution in [-0.4, -0.2) is 20.1 Å². The van der Waals surface area contributed by atoms with Crippen LogP contribution < -0.4 is 15.8 Å². The van der Waals surface area contributed by atoms with E-state index in [4.69, 9.17) is 17.4 Å². The molecule has 0 unspecified atom stereocenters. The van der Waals surface area contributed by atoms with Crippen LogP contribution in [0.5, 0.6) is 0 Å². The predicted molar refractivity (Wildman–Crippen MR) is 70.9 cm³/mol. The van der Waals surface area contributed by atoms with Gasteiger partial charge in [0.05, 0.1) is 4.90 Å². The average Bonchev–Trinajstić information content (AvgIpc) is 2.26. The number of primary sulfonamides is 1. The number of thiocarbonyl (C=S) groups is 1. The lowest BCUT2D eigenvalue weighted by Gasteiger charge is -2.08. The fourth-order valence-corrected chi connectivity index (χ4v) is 1.93. The largest absolute Gasteiger partial charge is 0.363 e. The molecule has 0 atom stereocenters. The van der Waals surface area contributed by atoms with Gasteiger partial charge in [0.15, 0.2) is 5.11 Å². The number of hydrogen-bond donors (Lipinski definition) is 3. The molecule has 94 valence electrons. The first-order valence-corrected chi connectivity index (χ1v) is 7.02. The van der Waals surface area contributed by atoms with Crippen molar-refractivity contribution in [3.63, 3.8) is 0 Å². The summed E-state index contributed by atoms with van der Waals surface area (Å²) in [5, 5.41) is 11.5. The second kappa shape index (κ2) is 5.95. The fraction of sp³-hybridized carbons (Fsp3) is 0.300. The Bertz CT molecular complexity index is 483. The average molecular weight is 273 g/mol. The standard InChI is InChI=1S/C10H15N3O2S2/c1-2-12-10(16)13-7-8-3-5-9(6-4-8)17(11,14)15/h3-6H,2,7H2,1H3,(H2,11,14,15)(H2,12,13,16). The van der Waals surface area contributed by atoms with Gasteiger partial charge in [-0.2, -0.15) is 0 Å². The molecule has 0 saturated heterocycles. The van der Waals surface area contributed by atoms with E-state index in [1.165, 1.54) is 12.1 Å². The molecule has 7 heteroatoms. The summed E-state index contributed by atoms with van der Waals surface area (Å²) in [4.78, 5) is 0.107. The van der Waals surface area contributed by atoms with E-state index in [0.29, 0.717) is 11.7 Å². The minimum Gasteiger partial charge on any atom is -0.363 e. The van der Waals surface area contributed by atoms with Crippen molar-refractivity contribution >= 4 is 27.4 Å². The van der Waals surface area contributed by atoms with Crippen LogP contribution in [0.3, 0.4) is 0 Å². The summed E-state index contributed by atoms with van der Waals surface area (Å²) >= 11 is 5.00. The molecule has 17 heavy (non-hydrogen) atoms. The minimum absolute atomic E-state index is 0.107. The quantitative estimate of drug-likeness (QED) is 0.688. The van der Waals surface area contributed by atoms with Crippen molar-refractivity contribution in [2.24, 2.45) is 5.14 Å². The third-order valence-electron chi connectivity index (χ3n) is 2.04. The van der Waals surface area contributed by atoms with Crippen molar-refractivity contribution in [1.82, 2.24) is 10.6 Å². The van der Waals surface area contributed by atoms with Crippen molar-refractivity contribution in [1.29, 1.82) is 0 Å². The normalized spacial score (nSPS) is 10.9. The molecule has 0 aliphatic heterocycles. The monoisotopic (exact) mass is 273 g/mol. The van der Waals surface area contributed by atoms with Crippen LogP contribution in [0.15, 0.2) is 29.2 Å². The Morgan fingerprint density at radius 2 is 1.88 bits per heavy atom. The lowest BCUT2D eigenvalue weighted by molar-refractivity contribution is 0.597. The molecule has 0 amide bonds. The van der Waals surface area contributed by atoms with Gasteiger partial charge in [-0.25, -0.2) is 13.6 Å². The highest BCUT2D eigenvalue weighted by atomic mass is 32.2. The smallest absolute Gasteiger partial charge is 0.238 e. The van der Waals surface area contributed by atoms with E-state index in [1.54, 1.807) is 12.1 Å². The molecule has 0 saturated carbocycles. The highest BCUT2D eigenvalue weighted by Gasteiger charge is 2.06. The van der Waals surface area contributed by atoms with Gasteiger partial charge in [0.1, 0.15) is 0 Å². The Balaban J connectivity index is 2.60. The fourth-order valence-electron chi connectivity index (χ4n) is 1.20. The number of nitrogens with two attached hydrogens (primary N) is 1. The summed E-state index contributed by atoms with van der Waals surface area (Å²) in [5.74, 6) is 0. The Morgan fingerprint density at radius 1 is 1.29 bits per heavy atom. The summed E-state index contributed by atoms with van der Waals surface area (Å²) in [6, 6.07) is 6.34. The molecule has 1 aromatic carbocycles. The summed E-state index contributed by atoms with van der Waals surface area (Å²) in [6.07, 6.45) is 0. The maximum atomic E-state index is 11.0. The van der Waals surface area contributed by atoms with Gasteiger partial charge in [-0.3, -0.25) is 0 Å². The van der Waals surface area contributed by atoms with Crippen LogP contribution >= 0.6 is 12.2 Å². The number of hydrogen-bond acceptors (Lipinski definition) is 3. The van der Waals surface area contributed by atoms with E-state index in [9.17, 15) is 8.42 Å². The minimum atomic E-state index is -3.62. The number of rotatable bonds is 4. The lowest BCUT2D eigenvalue weighted by atomic mass is 10.2. The molecular weight excluding hydrogens is 258 g/mol. The maximum Gasteiger partial charge on any atom is 0.238 e. The van der Waals surface area contributed by atoms with Crippen LogP contribution in [-0.2, 0) is 16.6 Å². The van der Waals surface area contributed by atoms with Gasteiger partial charge < -0.3 is 10.6 Å². The summed E-state index contributed by atoms with van der Waals surface area (Å²) in [7, 11) is -3.62. The second-order valence-electron chi connectivity index (χ2n) is 3.40. The molecule has 0 spiro atoms. The van der Waals surface area contributed by atoms with Crippen molar-refractivity contribution in [2.75, 3.05) is 6.54 Å². The van der Waals surface area contributed by atoms with Crippen LogP contribution in [0, 0.1) is 0 Å². The van der Waals surface area contributed by atoms with Crippen LogP contribution in [0.1, 0.15) is 12.5 Å². The van der Waals surface area contributed by atoms with Gasteiger partial charge in [-0.15, -0.1) is 0 Å². The van der Waals surface area contributed by atoms with E-state index in [-0.39, 0.29) is 4.90 Å². The molecule has 0 aromatic heterocycles. The second-order valence-corrected chi connectivity index (χ2v) is 5.37. The molecule has 0 aliphatic rings. The highest BCUT2D eigenvalue weighted by Crippen LogP contribution is 2.08. The van der Waals surface area contributed by atoms with Crippen LogP contribution in [0.25, 0.3) is 0 Å². The van der Waals surface area contributed by atoms with Gasteiger partial charge in [-0.05, 0) is 36.8 Å².